The second kappa shape index (κ2) is 10.1. The highest BCUT2D eigenvalue weighted by atomic mass is 16.5. The van der Waals surface area contributed by atoms with Gasteiger partial charge in [-0.1, -0.05) is 31.2 Å². The van der Waals surface area contributed by atoms with Gasteiger partial charge in [0.2, 0.25) is 0 Å². The molecule has 0 radical (unpaired) electrons. The van der Waals surface area contributed by atoms with E-state index in [4.69, 9.17) is 9.47 Å². The van der Waals surface area contributed by atoms with Crippen molar-refractivity contribution < 1.29 is 9.47 Å². The molecule has 1 aromatic carbocycles. The van der Waals surface area contributed by atoms with Gasteiger partial charge in [-0.15, -0.1) is 0 Å². The fraction of sp³-hybridized carbons (Fsp3) is 0.600. The molecule has 0 aliphatic rings. The summed E-state index contributed by atoms with van der Waals surface area (Å²) < 4.78 is 10.6. The lowest BCUT2D eigenvalue weighted by atomic mass is 10.1. The number of hydrogen-bond acceptors (Lipinski definition) is 3. The van der Waals surface area contributed by atoms with Crippen molar-refractivity contribution in [3.8, 4) is 0 Å². The molecule has 18 heavy (non-hydrogen) atoms. The molecule has 0 heterocycles. The highest BCUT2D eigenvalue weighted by Gasteiger charge is 1.96. The van der Waals surface area contributed by atoms with Gasteiger partial charge in [-0.2, -0.15) is 0 Å². The minimum absolute atomic E-state index is 0.679. The summed E-state index contributed by atoms with van der Waals surface area (Å²) in [6.45, 7) is 6.44. The van der Waals surface area contributed by atoms with E-state index in [1.54, 1.807) is 7.11 Å². The van der Waals surface area contributed by atoms with Crippen LogP contribution in [0.25, 0.3) is 0 Å². The number of nitrogens with one attached hydrogen (secondary N) is 1. The zero-order chi connectivity index (χ0) is 13.1. The van der Waals surface area contributed by atoms with Gasteiger partial charge < -0.3 is 14.8 Å². The van der Waals surface area contributed by atoms with Gasteiger partial charge in [0.25, 0.3) is 0 Å². The maximum atomic E-state index is 5.43. The van der Waals surface area contributed by atoms with Crippen molar-refractivity contribution in [2.24, 2.45) is 0 Å². The Kier molecular flexibility index (Phi) is 8.47. The second-order valence-corrected chi connectivity index (χ2v) is 4.40. The molecular weight excluding hydrogens is 226 g/mol. The quantitative estimate of drug-likeness (QED) is 0.649. The van der Waals surface area contributed by atoms with E-state index >= 15 is 0 Å². The third kappa shape index (κ3) is 6.74. The molecule has 0 saturated heterocycles. The largest absolute Gasteiger partial charge is 0.381 e. The molecule has 3 heteroatoms. The van der Waals surface area contributed by atoms with Crippen LogP contribution in [0, 0.1) is 0 Å². The maximum Gasteiger partial charge on any atom is 0.0713 e. The monoisotopic (exact) mass is 251 g/mol. The summed E-state index contributed by atoms with van der Waals surface area (Å²) in [6.07, 6.45) is 2.16. The van der Waals surface area contributed by atoms with Crippen LogP contribution in [0.5, 0.6) is 0 Å². The number of hydrogen-bond donors (Lipinski definition) is 1. The molecule has 0 saturated carbocycles. The van der Waals surface area contributed by atoms with Crippen LogP contribution >= 0.6 is 0 Å². The Morgan fingerprint density at radius 1 is 1.17 bits per heavy atom. The van der Waals surface area contributed by atoms with Crippen molar-refractivity contribution in [2.75, 3.05) is 26.9 Å². The van der Waals surface area contributed by atoms with E-state index in [0.29, 0.717) is 6.61 Å². The first-order valence-corrected chi connectivity index (χ1v) is 6.72. The molecule has 102 valence electrons. The van der Waals surface area contributed by atoms with Crippen molar-refractivity contribution >= 4 is 0 Å². The van der Waals surface area contributed by atoms with Crippen molar-refractivity contribution in [1.82, 2.24) is 5.32 Å². The molecule has 0 aliphatic carbocycles. The second-order valence-electron chi connectivity index (χ2n) is 4.40. The molecule has 0 bridgehead atoms. The van der Waals surface area contributed by atoms with Crippen LogP contribution in [0.15, 0.2) is 24.3 Å². The Labute approximate surface area is 110 Å². The smallest absolute Gasteiger partial charge is 0.0713 e. The van der Waals surface area contributed by atoms with Crippen molar-refractivity contribution in [3.63, 3.8) is 0 Å². The Morgan fingerprint density at radius 3 is 2.78 bits per heavy atom. The lowest BCUT2D eigenvalue weighted by Crippen LogP contribution is -2.16. The molecule has 0 aliphatic heterocycles. The van der Waals surface area contributed by atoms with Gasteiger partial charge in [-0.25, -0.2) is 0 Å². The van der Waals surface area contributed by atoms with Gasteiger partial charge >= 0.3 is 0 Å². The van der Waals surface area contributed by atoms with E-state index in [-0.39, 0.29) is 0 Å². The van der Waals surface area contributed by atoms with Gasteiger partial charge in [0.15, 0.2) is 0 Å². The van der Waals surface area contributed by atoms with Gasteiger partial charge in [-0.05, 0) is 30.5 Å². The molecule has 0 amide bonds. The van der Waals surface area contributed by atoms with Crippen molar-refractivity contribution in [3.05, 3.63) is 35.4 Å². The van der Waals surface area contributed by atoms with E-state index in [1.807, 2.05) is 0 Å². The first-order chi connectivity index (χ1) is 8.86. The highest BCUT2D eigenvalue weighted by Crippen LogP contribution is 2.06. The molecule has 0 aromatic heterocycles. The Bertz CT molecular complexity index is 315. The summed E-state index contributed by atoms with van der Waals surface area (Å²) in [7, 11) is 1.72. The predicted octanol–water partition coefficient (Wildman–Crippen LogP) is 2.74. The Balaban J connectivity index is 2.13. The minimum Gasteiger partial charge on any atom is -0.381 e. The molecule has 0 spiro atoms. The summed E-state index contributed by atoms with van der Waals surface area (Å²) >= 11 is 0. The summed E-state index contributed by atoms with van der Waals surface area (Å²) in [4.78, 5) is 0. The summed E-state index contributed by atoms with van der Waals surface area (Å²) in [6, 6.07) is 8.49. The number of methoxy groups -OCH3 is 1. The van der Waals surface area contributed by atoms with Crippen molar-refractivity contribution in [1.29, 1.82) is 0 Å². The molecule has 0 atom stereocenters. The van der Waals surface area contributed by atoms with Gasteiger partial charge in [-0.3, -0.25) is 0 Å². The molecule has 0 fully saturated rings. The molecule has 3 nitrogen and oxygen atoms in total. The lowest BCUT2D eigenvalue weighted by molar-refractivity contribution is 0.132. The van der Waals surface area contributed by atoms with Crippen LogP contribution in [-0.2, 0) is 22.6 Å². The van der Waals surface area contributed by atoms with Gasteiger partial charge in [0.05, 0.1) is 6.61 Å². The third-order valence-electron chi connectivity index (χ3n) is 2.62. The molecule has 1 N–H and O–H groups in total. The average molecular weight is 251 g/mol. The van der Waals surface area contributed by atoms with Crippen LogP contribution in [0.2, 0.25) is 0 Å². The van der Waals surface area contributed by atoms with Crippen LogP contribution in [0.1, 0.15) is 30.9 Å². The fourth-order valence-corrected chi connectivity index (χ4v) is 1.77. The highest BCUT2D eigenvalue weighted by molar-refractivity contribution is 5.22. The minimum atomic E-state index is 0.679. The molecular formula is C15H25NO2. The van der Waals surface area contributed by atoms with Gasteiger partial charge in [0.1, 0.15) is 0 Å². The molecule has 1 aromatic rings. The van der Waals surface area contributed by atoms with E-state index in [9.17, 15) is 0 Å². The predicted molar refractivity (Wildman–Crippen MR) is 74.6 cm³/mol. The van der Waals surface area contributed by atoms with Crippen LogP contribution < -0.4 is 5.32 Å². The number of rotatable bonds is 10. The Hall–Kier alpha value is -0.900. The standard InChI is InChI=1S/C15H25NO2/c1-3-9-18-10-5-8-16-12-14-6-4-7-15(11-14)13-17-2/h4,6-7,11,16H,3,5,8-10,12-13H2,1-2H3. The normalized spacial score (nSPS) is 10.8. The van der Waals surface area contributed by atoms with E-state index in [0.717, 1.165) is 39.1 Å². The zero-order valence-electron chi connectivity index (χ0n) is 11.6. The van der Waals surface area contributed by atoms with Crippen LogP contribution in [0.3, 0.4) is 0 Å². The lowest BCUT2D eigenvalue weighted by Gasteiger charge is -2.07. The first kappa shape index (κ1) is 15.2. The maximum absolute atomic E-state index is 5.43. The summed E-state index contributed by atoms with van der Waals surface area (Å²) in [5, 5.41) is 3.43. The van der Waals surface area contributed by atoms with Crippen LogP contribution in [0.4, 0.5) is 0 Å². The van der Waals surface area contributed by atoms with E-state index in [1.165, 1.54) is 11.1 Å². The third-order valence-corrected chi connectivity index (χ3v) is 2.62. The number of ether oxygens (including phenoxy) is 2. The first-order valence-electron chi connectivity index (χ1n) is 6.72. The van der Waals surface area contributed by atoms with Crippen molar-refractivity contribution in [2.45, 2.75) is 32.9 Å². The Morgan fingerprint density at radius 2 is 2.00 bits per heavy atom. The number of benzene rings is 1. The van der Waals surface area contributed by atoms with Gasteiger partial charge in [0, 0.05) is 26.9 Å². The van der Waals surface area contributed by atoms with Crippen LogP contribution in [-0.4, -0.2) is 26.9 Å². The van der Waals surface area contributed by atoms with E-state index in [2.05, 4.69) is 36.5 Å². The van der Waals surface area contributed by atoms with E-state index < -0.39 is 0 Å². The SMILES string of the molecule is CCCOCCCNCc1cccc(COC)c1. The summed E-state index contributed by atoms with van der Waals surface area (Å²) in [5.74, 6) is 0. The molecule has 1 rings (SSSR count). The zero-order valence-corrected chi connectivity index (χ0v) is 11.6. The topological polar surface area (TPSA) is 30.5 Å². The summed E-state index contributed by atoms with van der Waals surface area (Å²) in [5.41, 5.74) is 2.53. The fourth-order valence-electron chi connectivity index (χ4n) is 1.77. The molecule has 0 unspecified atom stereocenters. The average Bonchev–Trinajstić information content (AvgIpc) is 2.39.